The van der Waals surface area contributed by atoms with Crippen molar-refractivity contribution < 1.29 is 19.4 Å². The van der Waals surface area contributed by atoms with E-state index < -0.39 is 12.0 Å². The smallest absolute Gasteiger partial charge is 0.330 e. The minimum atomic E-state index is -1.00. The average Bonchev–Trinajstić information content (AvgIpc) is 2.60. The first kappa shape index (κ1) is 19.4. The van der Waals surface area contributed by atoms with Crippen molar-refractivity contribution in [1.29, 1.82) is 5.41 Å². The number of ether oxygens (including phenoxy) is 2. The Morgan fingerprint density at radius 3 is 2.08 bits per heavy atom. The largest absolute Gasteiger partial charge is 0.479 e. The number of nitrogens with one attached hydrogen (secondary N) is 2. The number of hydrogen-bond acceptors (Lipinski definition) is 5. The second-order valence-corrected chi connectivity index (χ2v) is 5.86. The first-order valence-corrected chi connectivity index (χ1v) is 7.99. The van der Waals surface area contributed by atoms with E-state index in [9.17, 15) is 9.90 Å². The Hall–Kier alpha value is -2.90. The summed E-state index contributed by atoms with van der Waals surface area (Å²) < 4.78 is 10.3. The summed E-state index contributed by atoms with van der Waals surface area (Å²) in [4.78, 5) is 11.8. The number of carbonyl (C=O) groups is 1. The van der Waals surface area contributed by atoms with Crippen molar-refractivity contribution in [2.24, 2.45) is 5.73 Å². The molecule has 2 aromatic carbocycles. The van der Waals surface area contributed by atoms with Gasteiger partial charge in [-0.05, 0) is 41.0 Å². The molecule has 0 radical (unpaired) electrons. The van der Waals surface area contributed by atoms with E-state index in [0.717, 1.165) is 11.1 Å². The fourth-order valence-electron chi connectivity index (χ4n) is 2.66. The molecule has 0 saturated carbocycles. The Kier molecular flexibility index (Phi) is 6.71. The van der Waals surface area contributed by atoms with Crippen LogP contribution in [0.4, 0.5) is 5.69 Å². The lowest BCUT2D eigenvalue weighted by atomic mass is 10.00. The molecule has 0 amide bonds. The molecule has 0 spiro atoms. The fraction of sp³-hybridized carbons (Fsp3) is 0.263. The number of methoxy groups -OCH3 is 2. The Balaban J connectivity index is 2.33. The maximum atomic E-state index is 11.8. The average molecular weight is 357 g/mol. The highest BCUT2D eigenvalue weighted by Gasteiger charge is 2.21. The summed E-state index contributed by atoms with van der Waals surface area (Å²) in [7, 11) is 3.18. The molecule has 2 rings (SSSR count). The number of nitrogen functional groups attached to an aromatic ring is 1. The number of amidine groups is 1. The molecule has 0 saturated heterocycles. The first-order chi connectivity index (χ1) is 12.4. The molecule has 0 fully saturated rings. The van der Waals surface area contributed by atoms with Crippen LogP contribution in [0.25, 0.3) is 0 Å². The van der Waals surface area contributed by atoms with Crippen molar-refractivity contribution in [2.75, 3.05) is 19.5 Å². The number of anilines is 1. The molecule has 1 atom stereocenters. The Bertz CT molecular complexity index is 751. The van der Waals surface area contributed by atoms with Gasteiger partial charge in [0.25, 0.3) is 0 Å². The predicted octanol–water partition coefficient (Wildman–Crippen LogP) is 2.50. The summed E-state index contributed by atoms with van der Waals surface area (Å²) in [6.07, 6.45) is 0. The summed E-state index contributed by atoms with van der Waals surface area (Å²) in [5, 5.41) is 20.1. The van der Waals surface area contributed by atoms with E-state index in [1.807, 2.05) is 6.07 Å². The van der Waals surface area contributed by atoms with Gasteiger partial charge >= 0.3 is 5.97 Å². The molecule has 0 aromatic heterocycles. The molecule has 7 nitrogen and oxygen atoms in total. The van der Waals surface area contributed by atoms with Crippen LogP contribution in [0.5, 0.6) is 0 Å². The van der Waals surface area contributed by atoms with E-state index in [1.165, 1.54) is 0 Å². The van der Waals surface area contributed by atoms with Gasteiger partial charge in [0, 0.05) is 25.5 Å². The van der Waals surface area contributed by atoms with Crippen LogP contribution in [0, 0.1) is 5.41 Å². The van der Waals surface area contributed by atoms with Crippen LogP contribution in [0.2, 0.25) is 0 Å². The standard InChI is InChI=1S/C19H23N3O4/c1-25-10-12-7-13(11-26-2)9-15(8-12)17(19(23)24)22-16-5-3-14(4-6-16)18(20)21/h3-9,17,22H,10-11H2,1-2H3,(H3,20,21)(H,23,24). The van der Waals surface area contributed by atoms with Gasteiger partial charge in [-0.1, -0.05) is 18.2 Å². The van der Waals surface area contributed by atoms with Gasteiger partial charge < -0.3 is 25.6 Å². The summed E-state index contributed by atoms with van der Waals surface area (Å²) in [6.45, 7) is 0.758. The van der Waals surface area contributed by atoms with Gasteiger partial charge in [0.15, 0.2) is 6.04 Å². The maximum absolute atomic E-state index is 11.8. The second kappa shape index (κ2) is 8.98. The molecule has 0 aliphatic heterocycles. The highest BCUT2D eigenvalue weighted by Crippen LogP contribution is 2.24. The third-order valence-electron chi connectivity index (χ3n) is 3.78. The lowest BCUT2D eigenvalue weighted by molar-refractivity contribution is -0.138. The zero-order valence-corrected chi connectivity index (χ0v) is 14.8. The van der Waals surface area contributed by atoms with E-state index in [2.05, 4.69) is 5.32 Å². The third kappa shape index (κ3) is 5.05. The second-order valence-electron chi connectivity index (χ2n) is 5.86. The van der Waals surface area contributed by atoms with Crippen LogP contribution in [0.15, 0.2) is 42.5 Å². The number of nitrogens with two attached hydrogens (primary N) is 1. The lowest BCUT2D eigenvalue weighted by Gasteiger charge is -2.18. The number of aliphatic carboxylic acids is 1. The van der Waals surface area contributed by atoms with Crippen LogP contribution >= 0.6 is 0 Å². The van der Waals surface area contributed by atoms with Crippen molar-refractivity contribution in [1.82, 2.24) is 0 Å². The molecule has 0 bridgehead atoms. The van der Waals surface area contributed by atoms with E-state index in [4.69, 9.17) is 20.6 Å². The normalized spacial score (nSPS) is 11.8. The zero-order chi connectivity index (χ0) is 19.1. The SMILES string of the molecule is COCc1cc(COC)cc(C(Nc2ccc(C(=N)N)cc2)C(=O)O)c1. The van der Waals surface area contributed by atoms with Crippen molar-refractivity contribution in [3.8, 4) is 0 Å². The quantitative estimate of drug-likeness (QED) is 0.404. The van der Waals surface area contributed by atoms with E-state index in [0.29, 0.717) is 30.0 Å². The molecule has 2 aromatic rings. The molecule has 5 N–H and O–H groups in total. The molecular weight excluding hydrogens is 334 g/mol. The summed E-state index contributed by atoms with van der Waals surface area (Å²) in [6, 6.07) is 11.3. The van der Waals surface area contributed by atoms with Crippen molar-refractivity contribution in [3.05, 3.63) is 64.7 Å². The van der Waals surface area contributed by atoms with Gasteiger partial charge in [-0.25, -0.2) is 4.79 Å². The van der Waals surface area contributed by atoms with Crippen LogP contribution in [0.3, 0.4) is 0 Å². The number of benzene rings is 2. The lowest BCUT2D eigenvalue weighted by Crippen LogP contribution is -2.21. The highest BCUT2D eigenvalue weighted by atomic mass is 16.5. The molecule has 1 unspecified atom stereocenters. The number of carboxylic acid groups (broad SMARTS) is 1. The van der Waals surface area contributed by atoms with Gasteiger partial charge in [0.05, 0.1) is 13.2 Å². The Labute approximate surface area is 152 Å². The van der Waals surface area contributed by atoms with Crippen LogP contribution in [-0.2, 0) is 27.5 Å². The molecule has 0 heterocycles. The first-order valence-electron chi connectivity index (χ1n) is 7.99. The van der Waals surface area contributed by atoms with Gasteiger partial charge in [-0.3, -0.25) is 5.41 Å². The molecule has 0 aliphatic rings. The molecule has 26 heavy (non-hydrogen) atoms. The summed E-state index contributed by atoms with van der Waals surface area (Å²) in [5.74, 6) is -1.04. The van der Waals surface area contributed by atoms with Crippen LogP contribution < -0.4 is 11.1 Å². The fourth-order valence-corrected chi connectivity index (χ4v) is 2.66. The van der Waals surface area contributed by atoms with E-state index >= 15 is 0 Å². The van der Waals surface area contributed by atoms with Crippen molar-refractivity contribution >= 4 is 17.5 Å². The van der Waals surface area contributed by atoms with Gasteiger partial charge in [-0.15, -0.1) is 0 Å². The Morgan fingerprint density at radius 2 is 1.65 bits per heavy atom. The third-order valence-corrected chi connectivity index (χ3v) is 3.78. The molecule has 7 heteroatoms. The number of carboxylic acids is 1. The Morgan fingerprint density at radius 1 is 1.12 bits per heavy atom. The monoisotopic (exact) mass is 357 g/mol. The highest BCUT2D eigenvalue weighted by molar-refractivity contribution is 5.95. The summed E-state index contributed by atoms with van der Waals surface area (Å²) in [5.41, 5.74) is 8.98. The molecule has 138 valence electrons. The topological polar surface area (TPSA) is 118 Å². The molecular formula is C19H23N3O4. The maximum Gasteiger partial charge on any atom is 0.330 e. The van der Waals surface area contributed by atoms with E-state index in [-0.39, 0.29) is 5.84 Å². The zero-order valence-electron chi connectivity index (χ0n) is 14.8. The minimum Gasteiger partial charge on any atom is -0.479 e. The predicted molar refractivity (Wildman–Crippen MR) is 99.3 cm³/mol. The summed E-state index contributed by atoms with van der Waals surface area (Å²) >= 11 is 0. The van der Waals surface area contributed by atoms with E-state index in [1.54, 1.807) is 50.6 Å². The van der Waals surface area contributed by atoms with Crippen molar-refractivity contribution in [3.63, 3.8) is 0 Å². The van der Waals surface area contributed by atoms with Gasteiger partial charge in [0.1, 0.15) is 5.84 Å². The minimum absolute atomic E-state index is 0.0391. The number of hydrogen-bond donors (Lipinski definition) is 4. The van der Waals surface area contributed by atoms with Gasteiger partial charge in [-0.2, -0.15) is 0 Å². The van der Waals surface area contributed by atoms with Crippen molar-refractivity contribution in [2.45, 2.75) is 19.3 Å². The van der Waals surface area contributed by atoms with Crippen LogP contribution in [-0.4, -0.2) is 31.1 Å². The van der Waals surface area contributed by atoms with Gasteiger partial charge in [0.2, 0.25) is 0 Å². The van der Waals surface area contributed by atoms with Crippen LogP contribution in [0.1, 0.15) is 28.3 Å². The molecule has 0 aliphatic carbocycles. The number of rotatable bonds is 9.